The Balaban J connectivity index is 1.79. The monoisotopic (exact) mass is 303 g/mol. The van der Waals surface area contributed by atoms with Gasteiger partial charge in [-0.1, -0.05) is 67.9 Å². The summed E-state index contributed by atoms with van der Waals surface area (Å²) in [5.41, 5.74) is 1.20. The molecular formula is C16H21N3OS. The number of hydrogen-bond acceptors (Lipinski definition) is 4. The van der Waals surface area contributed by atoms with Crippen molar-refractivity contribution in [3.05, 3.63) is 40.9 Å². The minimum atomic E-state index is 0.0357. The molecule has 0 saturated carbocycles. The molecule has 0 fully saturated rings. The van der Waals surface area contributed by atoms with E-state index in [1.54, 1.807) is 0 Å². The highest BCUT2D eigenvalue weighted by molar-refractivity contribution is 7.15. The van der Waals surface area contributed by atoms with Crippen molar-refractivity contribution in [2.24, 2.45) is 0 Å². The number of nitrogens with one attached hydrogen (secondary N) is 1. The van der Waals surface area contributed by atoms with Crippen molar-refractivity contribution in [3.8, 4) is 0 Å². The van der Waals surface area contributed by atoms with Gasteiger partial charge < -0.3 is 5.32 Å². The fourth-order valence-corrected chi connectivity index (χ4v) is 2.83. The van der Waals surface area contributed by atoms with E-state index in [1.807, 2.05) is 18.2 Å². The van der Waals surface area contributed by atoms with Crippen LogP contribution in [0, 0.1) is 0 Å². The Bertz CT molecular complexity index is 554. The van der Waals surface area contributed by atoms with Crippen molar-refractivity contribution in [1.82, 2.24) is 10.2 Å². The van der Waals surface area contributed by atoms with Gasteiger partial charge in [-0.3, -0.25) is 4.79 Å². The lowest BCUT2D eigenvalue weighted by molar-refractivity contribution is -0.116. The third-order valence-corrected chi connectivity index (χ3v) is 4.01. The normalized spacial score (nSPS) is 10.5. The van der Waals surface area contributed by atoms with Crippen LogP contribution < -0.4 is 5.32 Å². The molecule has 112 valence electrons. The van der Waals surface area contributed by atoms with E-state index in [9.17, 15) is 4.79 Å². The van der Waals surface area contributed by atoms with E-state index in [0.717, 1.165) is 24.3 Å². The maximum Gasteiger partial charge on any atom is 0.226 e. The SMILES string of the molecule is CCCCCCC(=O)Nc1nnc(Cc2ccccc2)s1. The van der Waals surface area contributed by atoms with Gasteiger partial charge in [0.05, 0.1) is 0 Å². The number of hydrogen-bond donors (Lipinski definition) is 1. The topological polar surface area (TPSA) is 54.9 Å². The molecule has 0 saturated heterocycles. The predicted molar refractivity (Wildman–Crippen MR) is 86.5 cm³/mol. The first-order valence-corrected chi connectivity index (χ1v) is 8.25. The summed E-state index contributed by atoms with van der Waals surface area (Å²) in [5.74, 6) is 0.0357. The quantitative estimate of drug-likeness (QED) is 0.749. The Kier molecular flexibility index (Phi) is 6.34. The van der Waals surface area contributed by atoms with E-state index < -0.39 is 0 Å². The summed E-state index contributed by atoms with van der Waals surface area (Å²) in [5, 5.41) is 12.5. The zero-order valence-corrected chi connectivity index (χ0v) is 13.2. The van der Waals surface area contributed by atoms with Gasteiger partial charge in [-0.25, -0.2) is 0 Å². The Hall–Kier alpha value is -1.75. The van der Waals surface area contributed by atoms with E-state index in [-0.39, 0.29) is 5.91 Å². The number of carbonyl (C=O) groups excluding carboxylic acids is 1. The summed E-state index contributed by atoms with van der Waals surface area (Å²) in [7, 11) is 0. The molecule has 2 aromatic rings. The van der Waals surface area contributed by atoms with E-state index in [0.29, 0.717) is 11.6 Å². The highest BCUT2D eigenvalue weighted by atomic mass is 32.1. The molecule has 0 spiro atoms. The minimum absolute atomic E-state index is 0.0357. The van der Waals surface area contributed by atoms with Crippen molar-refractivity contribution in [2.75, 3.05) is 5.32 Å². The number of unbranched alkanes of at least 4 members (excludes halogenated alkanes) is 3. The van der Waals surface area contributed by atoms with Crippen LogP contribution >= 0.6 is 11.3 Å². The summed E-state index contributed by atoms with van der Waals surface area (Å²) in [6.45, 7) is 2.16. The van der Waals surface area contributed by atoms with Gasteiger partial charge in [-0.2, -0.15) is 0 Å². The molecule has 1 aromatic heterocycles. The molecule has 0 aliphatic heterocycles. The summed E-state index contributed by atoms with van der Waals surface area (Å²) in [4.78, 5) is 11.8. The number of rotatable bonds is 8. The second-order valence-corrected chi connectivity index (χ2v) is 6.08. The summed E-state index contributed by atoms with van der Waals surface area (Å²) < 4.78 is 0. The number of benzene rings is 1. The van der Waals surface area contributed by atoms with Crippen molar-refractivity contribution < 1.29 is 4.79 Å². The van der Waals surface area contributed by atoms with Gasteiger partial charge >= 0.3 is 0 Å². The van der Waals surface area contributed by atoms with Gasteiger partial charge in [0.25, 0.3) is 0 Å². The lowest BCUT2D eigenvalue weighted by Gasteiger charge is -2.00. The molecular weight excluding hydrogens is 282 g/mol. The van der Waals surface area contributed by atoms with Gasteiger partial charge in [-0.15, -0.1) is 10.2 Å². The van der Waals surface area contributed by atoms with Crippen LogP contribution in [0.25, 0.3) is 0 Å². The van der Waals surface area contributed by atoms with Crippen LogP contribution in [0.2, 0.25) is 0 Å². The maximum absolute atomic E-state index is 11.8. The average Bonchev–Trinajstić information content (AvgIpc) is 2.92. The molecule has 1 N–H and O–H groups in total. The number of amides is 1. The largest absolute Gasteiger partial charge is 0.301 e. The van der Waals surface area contributed by atoms with Crippen LogP contribution in [0.4, 0.5) is 5.13 Å². The molecule has 2 rings (SSSR count). The summed E-state index contributed by atoms with van der Waals surface area (Å²) in [6, 6.07) is 10.1. The van der Waals surface area contributed by atoms with Gasteiger partial charge in [0.15, 0.2) is 0 Å². The molecule has 0 radical (unpaired) electrons. The molecule has 0 aliphatic rings. The Morgan fingerprint density at radius 3 is 2.71 bits per heavy atom. The predicted octanol–water partition coefficient (Wildman–Crippen LogP) is 4.04. The molecule has 1 aromatic carbocycles. The Morgan fingerprint density at radius 1 is 1.14 bits per heavy atom. The first-order chi connectivity index (χ1) is 10.3. The molecule has 0 bridgehead atoms. The van der Waals surface area contributed by atoms with E-state index >= 15 is 0 Å². The van der Waals surface area contributed by atoms with Crippen molar-refractivity contribution in [1.29, 1.82) is 0 Å². The zero-order chi connectivity index (χ0) is 14.9. The van der Waals surface area contributed by atoms with Crippen LogP contribution in [-0.4, -0.2) is 16.1 Å². The first kappa shape index (κ1) is 15.6. The first-order valence-electron chi connectivity index (χ1n) is 7.44. The highest BCUT2D eigenvalue weighted by Crippen LogP contribution is 2.18. The highest BCUT2D eigenvalue weighted by Gasteiger charge is 2.08. The van der Waals surface area contributed by atoms with Gasteiger partial charge in [0.2, 0.25) is 11.0 Å². The number of carbonyl (C=O) groups is 1. The van der Waals surface area contributed by atoms with Crippen LogP contribution in [-0.2, 0) is 11.2 Å². The van der Waals surface area contributed by atoms with Gasteiger partial charge in [0, 0.05) is 12.8 Å². The smallest absolute Gasteiger partial charge is 0.226 e. The Morgan fingerprint density at radius 2 is 1.95 bits per heavy atom. The van der Waals surface area contributed by atoms with Crippen LogP contribution in [0.3, 0.4) is 0 Å². The third-order valence-electron chi connectivity index (χ3n) is 3.17. The van der Waals surface area contributed by atoms with Crippen molar-refractivity contribution in [3.63, 3.8) is 0 Å². The molecule has 21 heavy (non-hydrogen) atoms. The average molecular weight is 303 g/mol. The number of aromatic nitrogens is 2. The molecule has 0 unspecified atom stereocenters. The van der Waals surface area contributed by atoms with Crippen molar-refractivity contribution >= 4 is 22.4 Å². The number of nitrogens with zero attached hydrogens (tertiary/aromatic N) is 2. The number of anilines is 1. The molecule has 1 heterocycles. The lowest BCUT2D eigenvalue weighted by atomic mass is 10.1. The van der Waals surface area contributed by atoms with Gasteiger partial charge in [0.1, 0.15) is 5.01 Å². The fraction of sp³-hybridized carbons (Fsp3) is 0.438. The van der Waals surface area contributed by atoms with Crippen LogP contribution in [0.15, 0.2) is 30.3 Å². The zero-order valence-electron chi connectivity index (χ0n) is 12.3. The van der Waals surface area contributed by atoms with E-state index in [4.69, 9.17) is 0 Å². The van der Waals surface area contributed by atoms with Gasteiger partial charge in [-0.05, 0) is 12.0 Å². The molecule has 5 heteroatoms. The third kappa shape index (κ3) is 5.63. The lowest BCUT2D eigenvalue weighted by Crippen LogP contribution is -2.10. The standard InChI is InChI=1S/C16H21N3OS/c1-2-3-4-8-11-14(20)17-16-19-18-15(21-16)12-13-9-6-5-7-10-13/h5-7,9-10H,2-4,8,11-12H2,1H3,(H,17,19,20). The maximum atomic E-state index is 11.8. The van der Waals surface area contributed by atoms with Crippen LogP contribution in [0.1, 0.15) is 49.6 Å². The molecule has 0 aliphatic carbocycles. The molecule has 0 atom stereocenters. The molecule has 1 amide bonds. The second-order valence-electron chi connectivity index (χ2n) is 5.02. The molecule has 4 nitrogen and oxygen atoms in total. The summed E-state index contributed by atoms with van der Waals surface area (Å²) in [6.07, 6.45) is 5.74. The summed E-state index contributed by atoms with van der Waals surface area (Å²) >= 11 is 1.45. The minimum Gasteiger partial charge on any atom is -0.301 e. The fourth-order valence-electron chi connectivity index (χ4n) is 2.04. The van der Waals surface area contributed by atoms with E-state index in [1.165, 1.54) is 29.7 Å². The van der Waals surface area contributed by atoms with Crippen molar-refractivity contribution in [2.45, 2.75) is 45.4 Å². The Labute approximate surface area is 129 Å². The second kappa shape index (κ2) is 8.52. The van der Waals surface area contributed by atoms with E-state index in [2.05, 4.69) is 34.6 Å². The van der Waals surface area contributed by atoms with Crippen LogP contribution in [0.5, 0.6) is 0 Å².